The van der Waals surface area contributed by atoms with E-state index in [1.807, 2.05) is 0 Å². The van der Waals surface area contributed by atoms with Crippen LogP contribution in [0.1, 0.15) is 0 Å². The van der Waals surface area contributed by atoms with E-state index in [0.717, 1.165) is 0 Å². The summed E-state index contributed by atoms with van der Waals surface area (Å²) in [6.45, 7) is 0. The number of rotatable bonds is 2. The molecule has 0 heterocycles. The Hall–Kier alpha value is -1.26. The SMILES string of the molecule is FC(F)(F)C(F)(F)C(F)(C(F)(F)F)C(C(F)(F)F)(C(F)(F)F)C(F)(F)F. The fourth-order valence-corrected chi connectivity index (χ4v) is 1.89. The Kier molecular flexibility index (Phi) is 5.35. The fourth-order valence-electron chi connectivity index (χ4n) is 1.89. The van der Waals surface area contributed by atoms with Crippen LogP contribution < -0.4 is 0 Å². The second-order valence-corrected chi connectivity index (χ2v) is 4.47. The number of hydrogen-bond acceptors (Lipinski definition) is 0. The van der Waals surface area contributed by atoms with E-state index < -0.39 is 47.9 Å². The average Bonchev–Trinajstić information content (AvgIpc) is 2.18. The summed E-state index contributed by atoms with van der Waals surface area (Å²) in [6, 6.07) is 0. The van der Waals surface area contributed by atoms with Gasteiger partial charge in [0.2, 0.25) is 0 Å². The summed E-state index contributed by atoms with van der Waals surface area (Å²) in [5, 5.41) is 0. The molecule has 26 heavy (non-hydrogen) atoms. The van der Waals surface area contributed by atoms with Gasteiger partial charge in [0.1, 0.15) is 0 Å². The minimum atomic E-state index is -9.25. The Balaban J connectivity index is 7.82. The third-order valence-electron chi connectivity index (χ3n) is 2.97. The molecule has 0 radical (unpaired) electrons. The van der Waals surface area contributed by atoms with Crippen molar-refractivity contribution >= 4 is 0 Å². The van der Waals surface area contributed by atoms with E-state index in [-0.39, 0.29) is 0 Å². The predicted molar refractivity (Wildman–Crippen MR) is 41.5 cm³/mol. The van der Waals surface area contributed by atoms with Crippen molar-refractivity contribution in [3.8, 4) is 0 Å². The highest BCUT2D eigenvalue weighted by molar-refractivity contribution is 5.22. The smallest absolute Gasteiger partial charge is 0.225 e. The Labute approximate surface area is 128 Å². The molecule has 1 atom stereocenters. The lowest BCUT2D eigenvalue weighted by Gasteiger charge is -2.50. The lowest BCUT2D eigenvalue weighted by molar-refractivity contribution is -0.523. The summed E-state index contributed by atoms with van der Waals surface area (Å²) in [5.41, 5.74) is -18.4. The first-order valence-corrected chi connectivity index (χ1v) is 5.15. The lowest BCUT2D eigenvalue weighted by Crippen LogP contribution is -2.81. The molecular formula is C8F18. The summed E-state index contributed by atoms with van der Waals surface area (Å²) in [6.07, 6.45) is -42.9. The van der Waals surface area contributed by atoms with Crippen molar-refractivity contribution in [3.63, 3.8) is 0 Å². The molecule has 0 nitrogen and oxygen atoms in total. The van der Waals surface area contributed by atoms with E-state index in [9.17, 15) is 79.0 Å². The molecule has 0 amide bonds. The van der Waals surface area contributed by atoms with Crippen molar-refractivity contribution in [1.29, 1.82) is 0 Å². The van der Waals surface area contributed by atoms with Crippen LogP contribution in [0.15, 0.2) is 0 Å². The van der Waals surface area contributed by atoms with E-state index in [4.69, 9.17) is 0 Å². The van der Waals surface area contributed by atoms with Gasteiger partial charge in [0.15, 0.2) is 0 Å². The molecule has 0 aromatic heterocycles. The third-order valence-corrected chi connectivity index (χ3v) is 2.97. The Morgan fingerprint density at radius 2 is 0.500 bits per heavy atom. The molecule has 18 heteroatoms. The van der Waals surface area contributed by atoms with Gasteiger partial charge in [-0.1, -0.05) is 0 Å². The third kappa shape index (κ3) is 2.82. The fraction of sp³-hybridized carbons (Fsp3) is 1.00. The molecule has 0 aromatic carbocycles. The molecule has 0 aliphatic carbocycles. The molecule has 0 saturated carbocycles. The van der Waals surface area contributed by atoms with Crippen molar-refractivity contribution in [2.45, 2.75) is 42.5 Å². The number of alkyl halides is 18. The van der Waals surface area contributed by atoms with Crippen LogP contribution in [-0.2, 0) is 0 Å². The Morgan fingerprint density at radius 3 is 0.615 bits per heavy atom. The van der Waals surface area contributed by atoms with Crippen LogP contribution in [0.4, 0.5) is 79.0 Å². The van der Waals surface area contributed by atoms with Crippen LogP contribution in [0, 0.1) is 5.41 Å². The summed E-state index contributed by atoms with van der Waals surface area (Å²) in [5.74, 6) is -8.82. The van der Waals surface area contributed by atoms with Crippen LogP contribution in [0.25, 0.3) is 0 Å². The van der Waals surface area contributed by atoms with Crippen LogP contribution in [0.3, 0.4) is 0 Å². The molecule has 0 aliphatic rings. The molecule has 0 bridgehead atoms. The first kappa shape index (κ1) is 24.7. The number of hydrogen-bond donors (Lipinski definition) is 0. The van der Waals surface area contributed by atoms with Crippen molar-refractivity contribution in [1.82, 2.24) is 0 Å². The Morgan fingerprint density at radius 1 is 0.269 bits per heavy atom. The van der Waals surface area contributed by atoms with Crippen molar-refractivity contribution < 1.29 is 79.0 Å². The van der Waals surface area contributed by atoms with Crippen LogP contribution in [-0.4, -0.2) is 42.5 Å². The highest BCUT2D eigenvalue weighted by Crippen LogP contribution is 2.73. The normalized spacial score (nSPS) is 18.7. The zero-order valence-corrected chi connectivity index (χ0v) is 10.8. The molecule has 158 valence electrons. The number of halogens is 18. The monoisotopic (exact) mass is 438 g/mol. The zero-order valence-electron chi connectivity index (χ0n) is 10.8. The standard InChI is InChI=1S/C8F18/c9-2(7(21,22)23,3(10,11)8(24,25)26)1(4(12,13)14,5(15,16)17)6(18,19)20. The quantitative estimate of drug-likeness (QED) is 0.456. The second kappa shape index (κ2) is 5.62. The van der Waals surface area contributed by atoms with E-state index in [1.54, 1.807) is 0 Å². The van der Waals surface area contributed by atoms with Gasteiger partial charge in [-0.3, -0.25) is 0 Å². The lowest BCUT2D eigenvalue weighted by atomic mass is 9.66. The molecule has 0 spiro atoms. The summed E-state index contributed by atoms with van der Waals surface area (Å²) in [7, 11) is 0. The summed E-state index contributed by atoms with van der Waals surface area (Å²) in [4.78, 5) is 0. The van der Waals surface area contributed by atoms with Crippen LogP contribution in [0.5, 0.6) is 0 Å². The molecule has 0 rings (SSSR count). The van der Waals surface area contributed by atoms with Gasteiger partial charge in [-0.25, -0.2) is 4.39 Å². The van der Waals surface area contributed by atoms with Gasteiger partial charge < -0.3 is 0 Å². The van der Waals surface area contributed by atoms with Crippen molar-refractivity contribution in [2.75, 3.05) is 0 Å². The van der Waals surface area contributed by atoms with E-state index in [2.05, 4.69) is 0 Å². The maximum Gasteiger partial charge on any atom is 0.457 e. The molecule has 0 N–H and O–H groups in total. The van der Waals surface area contributed by atoms with Gasteiger partial charge in [0.05, 0.1) is 0 Å². The van der Waals surface area contributed by atoms with Gasteiger partial charge in [-0.2, -0.15) is 74.6 Å². The van der Waals surface area contributed by atoms with E-state index in [1.165, 1.54) is 0 Å². The minimum absolute atomic E-state index is 8.23. The maximum absolute atomic E-state index is 13.6. The summed E-state index contributed by atoms with van der Waals surface area (Å²) < 4.78 is 224. The first-order chi connectivity index (χ1) is 10.8. The zero-order chi connectivity index (χ0) is 22.0. The highest BCUT2D eigenvalue weighted by atomic mass is 19.4. The van der Waals surface area contributed by atoms with Gasteiger partial charge >= 0.3 is 47.9 Å². The molecule has 1 unspecified atom stereocenters. The molecule has 0 fully saturated rings. The topological polar surface area (TPSA) is 0 Å². The average molecular weight is 438 g/mol. The molecule has 0 saturated heterocycles. The van der Waals surface area contributed by atoms with Crippen LogP contribution >= 0.6 is 0 Å². The largest absolute Gasteiger partial charge is 0.457 e. The van der Waals surface area contributed by atoms with E-state index >= 15 is 0 Å². The second-order valence-electron chi connectivity index (χ2n) is 4.47. The summed E-state index contributed by atoms with van der Waals surface area (Å²) >= 11 is 0. The van der Waals surface area contributed by atoms with Crippen molar-refractivity contribution in [2.24, 2.45) is 5.41 Å². The van der Waals surface area contributed by atoms with Gasteiger partial charge in [0.25, 0.3) is 0 Å². The predicted octanol–water partition coefficient (Wildman–Crippen LogP) is 6.13. The molecular weight excluding hydrogens is 438 g/mol. The van der Waals surface area contributed by atoms with Crippen LogP contribution in [0.2, 0.25) is 0 Å². The van der Waals surface area contributed by atoms with Gasteiger partial charge in [-0.15, -0.1) is 0 Å². The van der Waals surface area contributed by atoms with Gasteiger partial charge in [-0.05, 0) is 0 Å². The van der Waals surface area contributed by atoms with Gasteiger partial charge in [0, 0.05) is 0 Å². The minimum Gasteiger partial charge on any atom is -0.225 e. The Bertz CT molecular complexity index is 470. The maximum atomic E-state index is 13.6. The molecule has 0 aliphatic heterocycles. The van der Waals surface area contributed by atoms with Crippen molar-refractivity contribution in [3.05, 3.63) is 0 Å². The highest BCUT2D eigenvalue weighted by Gasteiger charge is 3.04. The molecule has 0 aromatic rings. The van der Waals surface area contributed by atoms with E-state index in [0.29, 0.717) is 0 Å². The first-order valence-electron chi connectivity index (χ1n) is 5.15.